The van der Waals surface area contributed by atoms with Gasteiger partial charge in [-0.05, 0) is 56.1 Å². The van der Waals surface area contributed by atoms with Gasteiger partial charge in [-0.1, -0.05) is 0 Å². The molecule has 18 heavy (non-hydrogen) atoms. The number of likely N-dealkylation sites (tertiary alicyclic amines) is 1. The van der Waals surface area contributed by atoms with E-state index in [9.17, 15) is 4.39 Å². The molecule has 3 nitrogen and oxygen atoms in total. The van der Waals surface area contributed by atoms with Gasteiger partial charge in [0, 0.05) is 25.3 Å². The van der Waals surface area contributed by atoms with E-state index in [2.05, 4.69) is 10.2 Å². The third-order valence-electron chi connectivity index (χ3n) is 3.59. The topological polar surface area (TPSA) is 41.3 Å². The highest BCUT2D eigenvalue weighted by Gasteiger charge is 2.18. The molecule has 0 unspecified atom stereocenters. The van der Waals surface area contributed by atoms with Gasteiger partial charge >= 0.3 is 0 Å². The summed E-state index contributed by atoms with van der Waals surface area (Å²) >= 11 is 0. The van der Waals surface area contributed by atoms with Gasteiger partial charge in [0.05, 0.1) is 0 Å². The molecule has 1 aromatic carbocycles. The Morgan fingerprint density at radius 1 is 1.22 bits per heavy atom. The first kappa shape index (κ1) is 13.3. The molecule has 0 radical (unpaired) electrons. The highest BCUT2D eigenvalue weighted by molar-refractivity contribution is 5.42. The van der Waals surface area contributed by atoms with E-state index in [-0.39, 0.29) is 5.82 Å². The minimum absolute atomic E-state index is 0.185. The van der Waals surface area contributed by atoms with E-state index in [1.165, 1.54) is 25.0 Å². The molecular weight excluding hydrogens is 229 g/mol. The van der Waals surface area contributed by atoms with Gasteiger partial charge in [-0.15, -0.1) is 0 Å². The van der Waals surface area contributed by atoms with Crippen LogP contribution in [0.2, 0.25) is 0 Å². The Kier molecular flexibility index (Phi) is 4.96. The van der Waals surface area contributed by atoms with E-state index in [0.29, 0.717) is 5.92 Å². The summed E-state index contributed by atoms with van der Waals surface area (Å²) in [6.45, 7) is 5.03. The van der Waals surface area contributed by atoms with Crippen molar-refractivity contribution in [1.82, 2.24) is 4.90 Å². The van der Waals surface area contributed by atoms with Crippen LogP contribution in [0, 0.1) is 11.7 Å². The van der Waals surface area contributed by atoms with Crippen molar-refractivity contribution in [2.75, 3.05) is 38.0 Å². The smallest absolute Gasteiger partial charge is 0.123 e. The molecule has 1 fully saturated rings. The lowest BCUT2D eigenvalue weighted by molar-refractivity contribution is 0.194. The van der Waals surface area contributed by atoms with Crippen LogP contribution in [-0.4, -0.2) is 37.6 Å². The summed E-state index contributed by atoms with van der Waals surface area (Å²) < 4.78 is 12.8. The molecule has 1 aliphatic heterocycles. The van der Waals surface area contributed by atoms with E-state index in [4.69, 9.17) is 5.73 Å². The molecule has 0 amide bonds. The second-order valence-electron chi connectivity index (χ2n) is 4.96. The minimum atomic E-state index is -0.185. The molecule has 0 spiro atoms. The maximum atomic E-state index is 12.8. The van der Waals surface area contributed by atoms with Crippen molar-refractivity contribution in [2.45, 2.75) is 12.8 Å². The summed E-state index contributed by atoms with van der Waals surface area (Å²) in [5.41, 5.74) is 6.56. The van der Waals surface area contributed by atoms with Gasteiger partial charge in [0.1, 0.15) is 5.82 Å². The zero-order chi connectivity index (χ0) is 12.8. The van der Waals surface area contributed by atoms with Crippen LogP contribution in [0.3, 0.4) is 0 Å². The van der Waals surface area contributed by atoms with Crippen LogP contribution >= 0.6 is 0 Å². The van der Waals surface area contributed by atoms with Crippen LogP contribution < -0.4 is 11.1 Å². The number of benzene rings is 1. The number of hydrogen-bond acceptors (Lipinski definition) is 3. The van der Waals surface area contributed by atoms with Crippen LogP contribution in [0.5, 0.6) is 0 Å². The summed E-state index contributed by atoms with van der Waals surface area (Å²) in [5, 5.41) is 3.38. The Morgan fingerprint density at radius 3 is 2.50 bits per heavy atom. The van der Waals surface area contributed by atoms with Gasteiger partial charge in [-0.2, -0.15) is 0 Å². The second-order valence-corrected chi connectivity index (χ2v) is 4.96. The fourth-order valence-corrected chi connectivity index (χ4v) is 2.43. The van der Waals surface area contributed by atoms with Crippen molar-refractivity contribution in [3.8, 4) is 0 Å². The summed E-state index contributed by atoms with van der Waals surface area (Å²) in [6, 6.07) is 6.57. The van der Waals surface area contributed by atoms with Crippen molar-refractivity contribution in [1.29, 1.82) is 0 Å². The van der Waals surface area contributed by atoms with Crippen molar-refractivity contribution in [3.05, 3.63) is 30.1 Å². The molecule has 100 valence electrons. The summed E-state index contributed by atoms with van der Waals surface area (Å²) in [6.07, 6.45) is 2.43. The van der Waals surface area contributed by atoms with Crippen molar-refractivity contribution < 1.29 is 4.39 Å². The summed E-state index contributed by atoms with van der Waals surface area (Å²) in [7, 11) is 0. The SMILES string of the molecule is NCCN1CCC(CNc2ccc(F)cc2)CC1. The predicted molar refractivity (Wildman–Crippen MR) is 73.1 cm³/mol. The van der Waals surface area contributed by atoms with Gasteiger partial charge < -0.3 is 16.0 Å². The number of anilines is 1. The van der Waals surface area contributed by atoms with Gasteiger partial charge in [0.15, 0.2) is 0 Å². The van der Waals surface area contributed by atoms with E-state index < -0.39 is 0 Å². The first-order valence-electron chi connectivity index (χ1n) is 6.70. The standard InChI is InChI=1S/C14H22FN3/c15-13-1-3-14(4-2-13)17-11-12-5-8-18(9-6-12)10-7-16/h1-4,12,17H,5-11,16H2. The van der Waals surface area contributed by atoms with E-state index in [0.717, 1.165) is 38.4 Å². The molecule has 1 aromatic rings. The lowest BCUT2D eigenvalue weighted by Gasteiger charge is -2.31. The second kappa shape index (κ2) is 6.71. The van der Waals surface area contributed by atoms with E-state index in [1.54, 1.807) is 12.1 Å². The average molecular weight is 251 g/mol. The van der Waals surface area contributed by atoms with Crippen LogP contribution in [-0.2, 0) is 0 Å². The molecule has 0 aromatic heterocycles. The van der Waals surface area contributed by atoms with Crippen LogP contribution in [0.4, 0.5) is 10.1 Å². The minimum Gasteiger partial charge on any atom is -0.385 e. The molecule has 1 heterocycles. The molecule has 0 bridgehead atoms. The number of nitrogens with one attached hydrogen (secondary N) is 1. The Bertz CT molecular complexity index is 345. The lowest BCUT2D eigenvalue weighted by atomic mass is 9.96. The predicted octanol–water partition coefficient (Wildman–Crippen LogP) is 1.91. The number of nitrogens with zero attached hydrogens (tertiary/aromatic N) is 1. The van der Waals surface area contributed by atoms with E-state index in [1.807, 2.05) is 0 Å². The Balaban J connectivity index is 1.70. The van der Waals surface area contributed by atoms with Crippen molar-refractivity contribution in [3.63, 3.8) is 0 Å². The van der Waals surface area contributed by atoms with Gasteiger partial charge in [-0.25, -0.2) is 4.39 Å². The maximum absolute atomic E-state index is 12.8. The fourth-order valence-electron chi connectivity index (χ4n) is 2.43. The van der Waals surface area contributed by atoms with Gasteiger partial charge in [0.25, 0.3) is 0 Å². The van der Waals surface area contributed by atoms with Crippen molar-refractivity contribution >= 4 is 5.69 Å². The zero-order valence-electron chi connectivity index (χ0n) is 10.7. The quantitative estimate of drug-likeness (QED) is 0.840. The summed E-state index contributed by atoms with van der Waals surface area (Å²) in [4.78, 5) is 2.42. The Labute approximate surface area is 108 Å². The third-order valence-corrected chi connectivity index (χ3v) is 3.59. The Hall–Kier alpha value is -1.13. The molecule has 0 aliphatic carbocycles. The molecule has 3 N–H and O–H groups in total. The first-order chi connectivity index (χ1) is 8.78. The first-order valence-corrected chi connectivity index (χ1v) is 6.70. The Morgan fingerprint density at radius 2 is 1.89 bits per heavy atom. The summed E-state index contributed by atoms with van der Waals surface area (Å²) in [5.74, 6) is 0.528. The molecule has 2 rings (SSSR count). The van der Waals surface area contributed by atoms with Crippen molar-refractivity contribution in [2.24, 2.45) is 11.7 Å². The highest BCUT2D eigenvalue weighted by atomic mass is 19.1. The average Bonchev–Trinajstić information content (AvgIpc) is 2.40. The third kappa shape index (κ3) is 3.96. The van der Waals surface area contributed by atoms with Crippen LogP contribution in [0.1, 0.15) is 12.8 Å². The number of rotatable bonds is 5. The van der Waals surface area contributed by atoms with Crippen LogP contribution in [0.15, 0.2) is 24.3 Å². The number of halogens is 1. The molecular formula is C14H22FN3. The largest absolute Gasteiger partial charge is 0.385 e. The highest BCUT2D eigenvalue weighted by Crippen LogP contribution is 2.18. The number of hydrogen-bond donors (Lipinski definition) is 2. The fraction of sp³-hybridized carbons (Fsp3) is 0.571. The van der Waals surface area contributed by atoms with Crippen LogP contribution in [0.25, 0.3) is 0 Å². The molecule has 1 saturated heterocycles. The number of nitrogens with two attached hydrogens (primary N) is 1. The van der Waals surface area contributed by atoms with Gasteiger partial charge in [0.2, 0.25) is 0 Å². The molecule has 0 atom stereocenters. The monoisotopic (exact) mass is 251 g/mol. The molecule has 0 saturated carbocycles. The van der Waals surface area contributed by atoms with E-state index >= 15 is 0 Å². The maximum Gasteiger partial charge on any atom is 0.123 e. The van der Waals surface area contributed by atoms with Gasteiger partial charge in [-0.3, -0.25) is 0 Å². The molecule has 1 aliphatic rings. The zero-order valence-corrected chi connectivity index (χ0v) is 10.7. The lowest BCUT2D eigenvalue weighted by Crippen LogP contribution is -2.38. The number of piperidine rings is 1. The normalized spacial score (nSPS) is 17.9. The molecule has 4 heteroatoms.